The Morgan fingerprint density at radius 3 is 2.59 bits per heavy atom. The van der Waals surface area contributed by atoms with Gasteiger partial charge in [-0.05, 0) is 48.1 Å². The Hall–Kier alpha value is -1.92. The molecule has 27 heavy (non-hydrogen) atoms. The van der Waals surface area contributed by atoms with E-state index in [1.807, 2.05) is 6.07 Å². The summed E-state index contributed by atoms with van der Waals surface area (Å²) < 4.78 is 19.8. The lowest BCUT2D eigenvalue weighted by atomic mass is 9.69. The average Bonchev–Trinajstić information content (AvgIpc) is 2.61. The molecule has 2 aromatic rings. The second-order valence-corrected chi connectivity index (χ2v) is 7.73. The van der Waals surface area contributed by atoms with E-state index >= 15 is 0 Å². The largest absolute Gasteiger partial charge is 0.467 e. The summed E-state index contributed by atoms with van der Waals surface area (Å²) in [5, 5.41) is 3.08. The predicted octanol–water partition coefficient (Wildman–Crippen LogP) is 4.77. The molecule has 3 unspecified atom stereocenters. The van der Waals surface area contributed by atoms with Crippen molar-refractivity contribution in [1.29, 1.82) is 0 Å². The maximum atomic E-state index is 14.2. The molecule has 2 aromatic carbocycles. The number of ether oxygens (including phenoxy) is 1. The fraction of sp³-hybridized carbons (Fsp3) is 0.300. The number of hydrogen-bond acceptors (Lipinski definition) is 3. The molecule has 4 nitrogen and oxygen atoms in total. The molecular formula is C20H18BrClFNO3. The second kappa shape index (κ2) is 8.40. The summed E-state index contributed by atoms with van der Waals surface area (Å²) in [7, 11) is 1.27. The molecule has 1 aliphatic carbocycles. The third-order valence-electron chi connectivity index (χ3n) is 4.91. The number of benzene rings is 2. The fourth-order valence-corrected chi connectivity index (χ4v) is 4.00. The Kier molecular flexibility index (Phi) is 6.17. The first-order chi connectivity index (χ1) is 12.9. The average molecular weight is 455 g/mol. The van der Waals surface area contributed by atoms with Crippen molar-refractivity contribution >= 4 is 39.4 Å². The SMILES string of the molecule is COC(=O)C(NC(=O)C1CCC1c1ccc(Cl)cc1F)c1ccccc1Br. The van der Waals surface area contributed by atoms with E-state index in [1.165, 1.54) is 13.2 Å². The van der Waals surface area contributed by atoms with Gasteiger partial charge in [-0.3, -0.25) is 4.79 Å². The van der Waals surface area contributed by atoms with Gasteiger partial charge in [0, 0.05) is 15.4 Å². The topological polar surface area (TPSA) is 55.4 Å². The van der Waals surface area contributed by atoms with Gasteiger partial charge in [0.05, 0.1) is 7.11 Å². The Bertz CT molecular complexity index is 876. The van der Waals surface area contributed by atoms with Crippen LogP contribution in [-0.4, -0.2) is 19.0 Å². The van der Waals surface area contributed by atoms with E-state index in [9.17, 15) is 14.0 Å². The summed E-state index contributed by atoms with van der Waals surface area (Å²) in [4.78, 5) is 25.1. The van der Waals surface area contributed by atoms with Crippen LogP contribution >= 0.6 is 27.5 Å². The number of carbonyl (C=O) groups excluding carboxylic acids is 2. The number of amides is 1. The van der Waals surface area contributed by atoms with Crippen LogP contribution in [-0.2, 0) is 14.3 Å². The van der Waals surface area contributed by atoms with E-state index in [4.69, 9.17) is 16.3 Å². The standard InChI is InChI=1S/C20H18BrClFNO3/c1-27-20(26)18(15-4-2-3-5-16(15)21)24-19(25)14-9-8-12(14)13-7-6-11(22)10-17(13)23/h2-7,10,12,14,18H,8-9H2,1H3,(H,24,25). The molecule has 0 radical (unpaired) electrons. The Labute approximate surface area is 170 Å². The number of carbonyl (C=O) groups is 2. The van der Waals surface area contributed by atoms with Crippen LogP contribution < -0.4 is 5.32 Å². The highest BCUT2D eigenvalue weighted by Crippen LogP contribution is 2.44. The van der Waals surface area contributed by atoms with Crippen molar-refractivity contribution in [1.82, 2.24) is 5.32 Å². The van der Waals surface area contributed by atoms with E-state index in [2.05, 4.69) is 21.2 Å². The number of hydrogen-bond donors (Lipinski definition) is 1. The van der Waals surface area contributed by atoms with Crippen molar-refractivity contribution < 1.29 is 18.7 Å². The van der Waals surface area contributed by atoms with Gasteiger partial charge in [0.1, 0.15) is 5.82 Å². The highest BCUT2D eigenvalue weighted by atomic mass is 79.9. The van der Waals surface area contributed by atoms with Gasteiger partial charge in [0.25, 0.3) is 0 Å². The molecule has 1 amide bonds. The quantitative estimate of drug-likeness (QED) is 0.663. The summed E-state index contributed by atoms with van der Waals surface area (Å²) in [6.45, 7) is 0. The van der Waals surface area contributed by atoms with Crippen molar-refractivity contribution in [3.05, 3.63) is 68.9 Å². The summed E-state index contributed by atoms with van der Waals surface area (Å²) in [5.41, 5.74) is 1.08. The minimum atomic E-state index is -0.936. The van der Waals surface area contributed by atoms with Gasteiger partial charge in [-0.1, -0.05) is 51.8 Å². The first-order valence-corrected chi connectivity index (χ1v) is 9.67. The molecule has 7 heteroatoms. The second-order valence-electron chi connectivity index (χ2n) is 6.44. The van der Waals surface area contributed by atoms with E-state index < -0.39 is 23.7 Å². The normalized spacial score (nSPS) is 19.7. The summed E-state index contributed by atoms with van der Waals surface area (Å²) >= 11 is 9.21. The molecule has 1 saturated carbocycles. The van der Waals surface area contributed by atoms with Crippen LogP contribution in [0.2, 0.25) is 5.02 Å². The number of rotatable bonds is 5. The number of esters is 1. The van der Waals surface area contributed by atoms with E-state index in [1.54, 1.807) is 30.3 Å². The molecule has 1 fully saturated rings. The van der Waals surface area contributed by atoms with Crippen molar-refractivity contribution in [2.24, 2.45) is 5.92 Å². The van der Waals surface area contributed by atoms with Gasteiger partial charge in [-0.15, -0.1) is 0 Å². The van der Waals surface area contributed by atoms with Gasteiger partial charge in [0.15, 0.2) is 6.04 Å². The molecule has 0 heterocycles. The van der Waals surface area contributed by atoms with Gasteiger partial charge in [-0.25, -0.2) is 9.18 Å². The third kappa shape index (κ3) is 4.17. The summed E-state index contributed by atoms with van der Waals surface area (Å²) in [6, 6.07) is 10.7. The molecule has 0 bridgehead atoms. The first-order valence-electron chi connectivity index (χ1n) is 8.50. The Morgan fingerprint density at radius 1 is 1.26 bits per heavy atom. The van der Waals surface area contributed by atoms with E-state index in [-0.39, 0.29) is 11.8 Å². The minimum absolute atomic E-state index is 0.236. The van der Waals surface area contributed by atoms with Crippen molar-refractivity contribution in [3.8, 4) is 0 Å². The molecule has 1 N–H and O–H groups in total. The van der Waals surface area contributed by atoms with Gasteiger partial charge >= 0.3 is 5.97 Å². The van der Waals surface area contributed by atoms with Crippen LogP contribution in [0.1, 0.15) is 35.9 Å². The van der Waals surface area contributed by atoms with Gasteiger partial charge < -0.3 is 10.1 Å². The van der Waals surface area contributed by atoms with Crippen molar-refractivity contribution in [2.75, 3.05) is 7.11 Å². The van der Waals surface area contributed by atoms with Crippen LogP contribution in [0.3, 0.4) is 0 Å². The molecular weight excluding hydrogens is 437 g/mol. The minimum Gasteiger partial charge on any atom is -0.467 e. The fourth-order valence-electron chi connectivity index (χ4n) is 3.33. The zero-order valence-corrected chi connectivity index (χ0v) is 16.9. The highest BCUT2D eigenvalue weighted by molar-refractivity contribution is 9.10. The number of nitrogens with one attached hydrogen (secondary N) is 1. The van der Waals surface area contributed by atoms with Crippen molar-refractivity contribution in [3.63, 3.8) is 0 Å². The molecule has 1 aliphatic rings. The molecule has 0 spiro atoms. The summed E-state index contributed by atoms with van der Waals surface area (Å²) in [5.74, 6) is -1.93. The zero-order valence-electron chi connectivity index (χ0n) is 14.5. The van der Waals surface area contributed by atoms with Crippen molar-refractivity contribution in [2.45, 2.75) is 24.8 Å². The van der Waals surface area contributed by atoms with Crippen LogP contribution in [0.15, 0.2) is 46.9 Å². The Morgan fingerprint density at radius 2 is 2.00 bits per heavy atom. The van der Waals surface area contributed by atoms with E-state index in [0.717, 1.165) is 0 Å². The third-order valence-corrected chi connectivity index (χ3v) is 5.87. The molecule has 3 rings (SSSR count). The molecule has 3 atom stereocenters. The lowest BCUT2D eigenvalue weighted by Gasteiger charge is -2.36. The van der Waals surface area contributed by atoms with Crippen LogP contribution in [0.25, 0.3) is 0 Å². The zero-order chi connectivity index (χ0) is 19.6. The maximum Gasteiger partial charge on any atom is 0.333 e. The lowest BCUT2D eigenvalue weighted by molar-refractivity contribution is -0.146. The monoisotopic (exact) mass is 453 g/mol. The van der Waals surface area contributed by atoms with Gasteiger partial charge in [0.2, 0.25) is 5.91 Å². The van der Waals surface area contributed by atoms with E-state index in [0.29, 0.717) is 33.5 Å². The highest BCUT2D eigenvalue weighted by Gasteiger charge is 2.40. The number of methoxy groups -OCH3 is 1. The van der Waals surface area contributed by atoms with Crippen LogP contribution in [0.4, 0.5) is 4.39 Å². The van der Waals surface area contributed by atoms with Crippen LogP contribution in [0.5, 0.6) is 0 Å². The molecule has 0 aliphatic heterocycles. The first kappa shape index (κ1) is 19.8. The van der Waals surface area contributed by atoms with Crippen LogP contribution in [0, 0.1) is 11.7 Å². The van der Waals surface area contributed by atoms with Gasteiger partial charge in [-0.2, -0.15) is 0 Å². The maximum absolute atomic E-state index is 14.2. The smallest absolute Gasteiger partial charge is 0.333 e. The number of halogens is 3. The molecule has 0 aromatic heterocycles. The summed E-state index contributed by atoms with van der Waals surface area (Å²) in [6.07, 6.45) is 1.33. The molecule has 142 valence electrons. The predicted molar refractivity (Wildman–Crippen MR) is 104 cm³/mol. The molecule has 0 saturated heterocycles. The Balaban J connectivity index is 1.80. The lowest BCUT2D eigenvalue weighted by Crippen LogP contribution is -2.43.